The predicted molar refractivity (Wildman–Crippen MR) is 69.2 cm³/mol. The minimum absolute atomic E-state index is 0.0777. The van der Waals surface area contributed by atoms with Crippen LogP contribution in [0.4, 0.5) is 13.2 Å². The molecule has 0 radical (unpaired) electrons. The van der Waals surface area contributed by atoms with E-state index in [4.69, 9.17) is 16.3 Å². The van der Waals surface area contributed by atoms with Crippen LogP contribution >= 0.6 is 34.2 Å². The van der Waals surface area contributed by atoms with E-state index >= 15 is 0 Å². The first-order chi connectivity index (χ1) is 8.78. The molecule has 0 aromatic carbocycles. The molecule has 0 saturated heterocycles. The molecule has 0 aliphatic rings. The van der Waals surface area contributed by atoms with Crippen molar-refractivity contribution in [3.8, 4) is 5.88 Å². The number of ether oxygens (including phenoxy) is 2. The highest BCUT2D eigenvalue weighted by atomic mass is 127. The fourth-order valence-electron chi connectivity index (χ4n) is 1.21. The summed E-state index contributed by atoms with van der Waals surface area (Å²) in [5.74, 6) is -1.58. The molecule has 19 heavy (non-hydrogen) atoms. The van der Waals surface area contributed by atoms with Crippen molar-refractivity contribution in [3.63, 3.8) is 0 Å². The molecular weight excluding hydrogens is 401 g/mol. The summed E-state index contributed by atoms with van der Waals surface area (Å²) in [4.78, 5) is 15.2. The average Bonchev–Trinajstić information content (AvgIpc) is 2.26. The second-order valence-corrected chi connectivity index (χ2v) is 4.47. The van der Waals surface area contributed by atoms with Crippen molar-refractivity contribution >= 4 is 40.2 Å². The monoisotopic (exact) mass is 409 g/mol. The van der Waals surface area contributed by atoms with Gasteiger partial charge in [-0.1, -0.05) is 0 Å². The van der Waals surface area contributed by atoms with Gasteiger partial charge in [-0.05, 0) is 29.5 Å². The van der Waals surface area contributed by atoms with Gasteiger partial charge in [0.1, 0.15) is 3.70 Å². The van der Waals surface area contributed by atoms with Gasteiger partial charge in [-0.2, -0.15) is 0 Å². The predicted octanol–water partition coefficient (Wildman–Crippen LogP) is 3.50. The molecule has 9 heteroatoms. The maximum atomic E-state index is 12.1. The van der Waals surface area contributed by atoms with Crippen LogP contribution in [-0.4, -0.2) is 23.9 Å². The summed E-state index contributed by atoms with van der Waals surface area (Å²) in [6.07, 6.45) is -4.88. The number of aromatic nitrogens is 1. The molecule has 1 aromatic heterocycles. The highest BCUT2D eigenvalue weighted by Gasteiger charge is 2.33. The summed E-state index contributed by atoms with van der Waals surface area (Å²) in [5, 5.41) is 0. The van der Waals surface area contributed by atoms with Crippen molar-refractivity contribution in [3.05, 3.63) is 20.9 Å². The van der Waals surface area contributed by atoms with Gasteiger partial charge in [0, 0.05) is 11.6 Å². The van der Waals surface area contributed by atoms with Gasteiger partial charge in [-0.3, -0.25) is 0 Å². The highest BCUT2D eigenvalue weighted by Crippen LogP contribution is 2.27. The van der Waals surface area contributed by atoms with E-state index < -0.39 is 18.2 Å². The molecule has 4 nitrogen and oxygen atoms in total. The minimum Gasteiger partial charge on any atom is -0.462 e. The third-order valence-corrected chi connectivity index (χ3v) is 3.06. The van der Waals surface area contributed by atoms with Crippen LogP contribution in [0.25, 0.3) is 0 Å². The molecule has 0 saturated carbocycles. The average molecular weight is 410 g/mol. The molecule has 0 atom stereocenters. The van der Waals surface area contributed by atoms with E-state index in [0.29, 0.717) is 5.56 Å². The maximum absolute atomic E-state index is 12.1. The van der Waals surface area contributed by atoms with E-state index in [-0.39, 0.29) is 21.8 Å². The van der Waals surface area contributed by atoms with Gasteiger partial charge in [-0.15, -0.1) is 24.8 Å². The van der Waals surface area contributed by atoms with Gasteiger partial charge < -0.3 is 9.47 Å². The summed E-state index contributed by atoms with van der Waals surface area (Å²) < 4.78 is 45.0. The first-order valence-corrected chi connectivity index (χ1v) is 6.58. The Balaban J connectivity index is 3.22. The number of nitrogens with zero attached hydrogens (tertiary/aromatic N) is 1. The van der Waals surface area contributed by atoms with Gasteiger partial charge in [0.25, 0.3) is 0 Å². The lowest BCUT2D eigenvalue weighted by Crippen LogP contribution is -2.19. The van der Waals surface area contributed by atoms with E-state index in [9.17, 15) is 18.0 Å². The van der Waals surface area contributed by atoms with Crippen LogP contribution in [-0.2, 0) is 10.6 Å². The van der Waals surface area contributed by atoms with Crippen molar-refractivity contribution in [2.75, 3.05) is 6.61 Å². The third kappa shape index (κ3) is 4.68. The number of esters is 1. The number of alkyl halides is 4. The summed E-state index contributed by atoms with van der Waals surface area (Å²) in [6.45, 7) is 1.67. The molecule has 1 rings (SSSR count). The largest absolute Gasteiger partial charge is 0.574 e. The van der Waals surface area contributed by atoms with Crippen molar-refractivity contribution in [1.29, 1.82) is 0 Å². The summed E-state index contributed by atoms with van der Waals surface area (Å²) in [5.41, 5.74) is 0.214. The molecule has 0 aliphatic carbocycles. The van der Waals surface area contributed by atoms with Crippen molar-refractivity contribution in [2.24, 2.45) is 0 Å². The van der Waals surface area contributed by atoms with Gasteiger partial charge in [0.15, 0.2) is 0 Å². The van der Waals surface area contributed by atoms with Crippen LogP contribution in [0, 0.1) is 3.70 Å². The smallest absolute Gasteiger partial charge is 0.462 e. The standard InChI is InChI=1S/C10H8ClF3INO3/c1-2-18-9(17)5-3-7(19-10(12,13)14)16-8(15)6(5)4-11/h3H,2,4H2,1H3. The van der Waals surface area contributed by atoms with E-state index in [1.807, 2.05) is 0 Å². The van der Waals surface area contributed by atoms with Gasteiger partial charge >= 0.3 is 12.3 Å². The molecule has 1 heterocycles. The maximum Gasteiger partial charge on any atom is 0.574 e. The number of rotatable bonds is 4. The summed E-state index contributed by atoms with van der Waals surface area (Å²) in [7, 11) is 0. The normalized spacial score (nSPS) is 11.3. The Labute approximate surface area is 125 Å². The second-order valence-electron chi connectivity index (χ2n) is 3.18. The fourth-order valence-corrected chi connectivity index (χ4v) is 2.42. The van der Waals surface area contributed by atoms with E-state index in [2.05, 4.69) is 9.72 Å². The number of halogens is 5. The van der Waals surface area contributed by atoms with Crippen molar-refractivity contribution in [1.82, 2.24) is 4.98 Å². The Hall–Kier alpha value is -0.770. The number of pyridine rings is 1. The van der Waals surface area contributed by atoms with Gasteiger partial charge in [0.2, 0.25) is 5.88 Å². The zero-order valence-electron chi connectivity index (χ0n) is 9.55. The summed E-state index contributed by atoms with van der Waals surface area (Å²) >= 11 is 7.33. The quantitative estimate of drug-likeness (QED) is 0.331. The summed E-state index contributed by atoms with van der Waals surface area (Å²) in [6, 6.07) is 0.866. The zero-order chi connectivity index (χ0) is 14.6. The van der Waals surface area contributed by atoms with Crippen LogP contribution < -0.4 is 4.74 Å². The Morgan fingerprint density at radius 2 is 2.16 bits per heavy atom. The molecular formula is C10H8ClF3INO3. The van der Waals surface area contributed by atoms with Crippen LogP contribution in [0.5, 0.6) is 5.88 Å². The molecule has 1 aromatic rings. The fraction of sp³-hybridized carbons (Fsp3) is 0.400. The van der Waals surface area contributed by atoms with E-state index in [1.165, 1.54) is 0 Å². The number of carbonyl (C=O) groups excluding carboxylic acids is 1. The molecule has 0 N–H and O–H groups in total. The molecule has 0 aliphatic heterocycles. The number of carbonyl (C=O) groups is 1. The molecule has 0 unspecified atom stereocenters. The van der Waals surface area contributed by atoms with E-state index in [1.54, 1.807) is 29.5 Å². The molecule has 0 bridgehead atoms. The van der Waals surface area contributed by atoms with Crippen molar-refractivity contribution < 1.29 is 27.4 Å². The topological polar surface area (TPSA) is 48.4 Å². The lowest BCUT2D eigenvalue weighted by Gasteiger charge is -2.12. The van der Waals surface area contributed by atoms with Crippen LogP contribution in [0.2, 0.25) is 0 Å². The van der Waals surface area contributed by atoms with Crippen LogP contribution in [0.15, 0.2) is 6.07 Å². The Morgan fingerprint density at radius 3 is 2.63 bits per heavy atom. The first-order valence-electron chi connectivity index (χ1n) is 4.96. The van der Waals surface area contributed by atoms with Gasteiger partial charge in [0.05, 0.1) is 18.1 Å². The minimum atomic E-state index is -4.88. The first kappa shape index (κ1) is 16.3. The number of hydrogen-bond acceptors (Lipinski definition) is 4. The molecule has 0 fully saturated rings. The Bertz CT molecular complexity index is 482. The lowest BCUT2D eigenvalue weighted by atomic mass is 10.1. The Morgan fingerprint density at radius 1 is 1.53 bits per heavy atom. The van der Waals surface area contributed by atoms with Crippen LogP contribution in [0.3, 0.4) is 0 Å². The highest BCUT2D eigenvalue weighted by molar-refractivity contribution is 14.1. The zero-order valence-corrected chi connectivity index (χ0v) is 12.5. The molecule has 0 amide bonds. The lowest BCUT2D eigenvalue weighted by molar-refractivity contribution is -0.276. The SMILES string of the molecule is CCOC(=O)c1cc(OC(F)(F)F)nc(I)c1CCl. The van der Waals surface area contributed by atoms with Crippen molar-refractivity contribution in [2.45, 2.75) is 19.2 Å². The second kappa shape index (κ2) is 6.60. The molecule has 0 spiro atoms. The van der Waals surface area contributed by atoms with Crippen LogP contribution in [0.1, 0.15) is 22.8 Å². The number of hydrogen-bond donors (Lipinski definition) is 0. The molecule has 106 valence electrons. The third-order valence-electron chi connectivity index (χ3n) is 1.90. The van der Waals surface area contributed by atoms with E-state index in [0.717, 1.165) is 6.07 Å². The Kier molecular flexibility index (Phi) is 5.65. The van der Waals surface area contributed by atoms with Gasteiger partial charge in [-0.25, -0.2) is 9.78 Å².